The molecule has 0 heterocycles. The molecular formula is C12H24N2O. The minimum Gasteiger partial charge on any atom is -0.352 e. The van der Waals surface area contributed by atoms with Crippen LogP contribution in [0, 0.1) is 11.8 Å². The second-order valence-electron chi connectivity index (χ2n) is 5.11. The van der Waals surface area contributed by atoms with Gasteiger partial charge in [0.25, 0.3) is 0 Å². The molecule has 0 radical (unpaired) electrons. The van der Waals surface area contributed by atoms with Gasteiger partial charge in [-0.05, 0) is 31.6 Å². The van der Waals surface area contributed by atoms with Gasteiger partial charge in [0.15, 0.2) is 0 Å². The van der Waals surface area contributed by atoms with E-state index in [1.807, 2.05) is 13.8 Å². The van der Waals surface area contributed by atoms with Crippen LogP contribution in [-0.4, -0.2) is 18.0 Å². The summed E-state index contributed by atoms with van der Waals surface area (Å²) in [6.45, 7) is 6.05. The van der Waals surface area contributed by atoms with Gasteiger partial charge in [-0.2, -0.15) is 0 Å². The van der Waals surface area contributed by atoms with Gasteiger partial charge in [0, 0.05) is 6.04 Å². The van der Waals surface area contributed by atoms with Crippen molar-refractivity contribution in [1.29, 1.82) is 0 Å². The number of amides is 1. The predicted molar refractivity (Wildman–Crippen MR) is 62.4 cm³/mol. The van der Waals surface area contributed by atoms with E-state index in [2.05, 4.69) is 12.2 Å². The number of rotatable bonds is 4. The second-order valence-corrected chi connectivity index (χ2v) is 5.11. The summed E-state index contributed by atoms with van der Waals surface area (Å²) in [5.41, 5.74) is 5.79. The smallest absolute Gasteiger partial charge is 0.237 e. The SMILES string of the molecule is CC(C)C(N)C(=O)N[C@@H](C)C1CCCC1. The summed E-state index contributed by atoms with van der Waals surface area (Å²) in [5, 5.41) is 3.04. The largest absolute Gasteiger partial charge is 0.352 e. The number of nitrogens with one attached hydrogen (secondary N) is 1. The molecule has 3 nitrogen and oxygen atoms in total. The number of nitrogens with two attached hydrogens (primary N) is 1. The van der Waals surface area contributed by atoms with Crippen LogP contribution < -0.4 is 11.1 Å². The highest BCUT2D eigenvalue weighted by molar-refractivity contribution is 5.81. The summed E-state index contributed by atoms with van der Waals surface area (Å²) >= 11 is 0. The Morgan fingerprint density at radius 2 is 1.80 bits per heavy atom. The summed E-state index contributed by atoms with van der Waals surface area (Å²) in [4.78, 5) is 11.7. The van der Waals surface area contributed by atoms with Crippen LogP contribution in [0.5, 0.6) is 0 Å². The molecule has 0 saturated heterocycles. The van der Waals surface area contributed by atoms with E-state index in [4.69, 9.17) is 5.73 Å². The summed E-state index contributed by atoms with van der Waals surface area (Å²) in [5.74, 6) is 0.874. The molecule has 1 amide bonds. The van der Waals surface area contributed by atoms with Crippen LogP contribution in [0.25, 0.3) is 0 Å². The first-order valence-electron chi connectivity index (χ1n) is 6.08. The Kier molecular flexibility index (Phi) is 4.58. The molecule has 15 heavy (non-hydrogen) atoms. The molecule has 0 aromatic rings. The third kappa shape index (κ3) is 3.49. The molecular weight excluding hydrogens is 188 g/mol. The fraction of sp³-hybridized carbons (Fsp3) is 0.917. The number of carbonyl (C=O) groups excluding carboxylic acids is 1. The van der Waals surface area contributed by atoms with Crippen molar-refractivity contribution in [1.82, 2.24) is 5.32 Å². The fourth-order valence-corrected chi connectivity index (χ4v) is 2.20. The first-order valence-corrected chi connectivity index (χ1v) is 6.08. The average Bonchev–Trinajstić information content (AvgIpc) is 2.68. The van der Waals surface area contributed by atoms with Crippen molar-refractivity contribution in [2.24, 2.45) is 17.6 Å². The van der Waals surface area contributed by atoms with Gasteiger partial charge in [0.05, 0.1) is 6.04 Å². The van der Waals surface area contributed by atoms with E-state index >= 15 is 0 Å². The normalized spacial score (nSPS) is 21.7. The van der Waals surface area contributed by atoms with E-state index in [0.717, 1.165) is 0 Å². The van der Waals surface area contributed by atoms with Gasteiger partial charge in [0.1, 0.15) is 0 Å². The molecule has 0 aliphatic heterocycles. The van der Waals surface area contributed by atoms with Crippen LogP contribution in [0.15, 0.2) is 0 Å². The Hall–Kier alpha value is -0.570. The Morgan fingerprint density at radius 1 is 1.27 bits per heavy atom. The summed E-state index contributed by atoms with van der Waals surface area (Å²) in [7, 11) is 0. The molecule has 88 valence electrons. The highest BCUT2D eigenvalue weighted by atomic mass is 16.2. The Labute approximate surface area is 92.8 Å². The van der Waals surface area contributed by atoms with Crippen LogP contribution >= 0.6 is 0 Å². The molecule has 1 aliphatic rings. The van der Waals surface area contributed by atoms with Crippen LogP contribution in [0.4, 0.5) is 0 Å². The van der Waals surface area contributed by atoms with Gasteiger partial charge < -0.3 is 11.1 Å². The quantitative estimate of drug-likeness (QED) is 0.744. The first-order chi connectivity index (χ1) is 7.02. The standard InChI is InChI=1S/C12H24N2O/c1-8(2)11(13)12(15)14-9(3)10-6-4-5-7-10/h8-11H,4-7,13H2,1-3H3,(H,14,15)/t9-,11?/m0/s1. The number of carbonyl (C=O) groups is 1. The number of hydrogen-bond acceptors (Lipinski definition) is 2. The Bertz CT molecular complexity index is 210. The molecule has 0 aromatic heterocycles. The third-order valence-electron chi connectivity index (χ3n) is 3.50. The molecule has 1 aliphatic carbocycles. The van der Waals surface area contributed by atoms with Crippen molar-refractivity contribution in [2.45, 2.75) is 58.5 Å². The summed E-state index contributed by atoms with van der Waals surface area (Å²) in [6, 6.07) is -0.0846. The van der Waals surface area contributed by atoms with Crippen molar-refractivity contribution >= 4 is 5.91 Å². The molecule has 1 saturated carbocycles. The average molecular weight is 212 g/mol. The van der Waals surface area contributed by atoms with E-state index in [-0.39, 0.29) is 23.9 Å². The lowest BCUT2D eigenvalue weighted by Gasteiger charge is -2.23. The van der Waals surface area contributed by atoms with Gasteiger partial charge in [-0.15, -0.1) is 0 Å². The Balaban J connectivity index is 2.36. The molecule has 3 heteroatoms. The minimum atomic E-state index is -0.367. The molecule has 1 rings (SSSR count). The maximum Gasteiger partial charge on any atom is 0.237 e. The van der Waals surface area contributed by atoms with Crippen molar-refractivity contribution in [2.75, 3.05) is 0 Å². The zero-order valence-corrected chi connectivity index (χ0v) is 10.1. The molecule has 1 unspecified atom stereocenters. The van der Waals surface area contributed by atoms with Gasteiger partial charge in [-0.25, -0.2) is 0 Å². The molecule has 3 N–H and O–H groups in total. The van der Waals surface area contributed by atoms with Crippen LogP contribution in [0.1, 0.15) is 46.5 Å². The maximum absolute atomic E-state index is 11.7. The van der Waals surface area contributed by atoms with Crippen LogP contribution in [-0.2, 0) is 4.79 Å². The van der Waals surface area contributed by atoms with Crippen molar-refractivity contribution < 1.29 is 4.79 Å². The lowest BCUT2D eigenvalue weighted by Crippen LogP contribution is -2.48. The molecule has 0 aromatic carbocycles. The van der Waals surface area contributed by atoms with E-state index in [1.165, 1.54) is 25.7 Å². The second kappa shape index (κ2) is 5.50. The monoisotopic (exact) mass is 212 g/mol. The third-order valence-corrected chi connectivity index (χ3v) is 3.50. The van der Waals surface area contributed by atoms with Gasteiger partial charge in [-0.3, -0.25) is 4.79 Å². The molecule has 2 atom stereocenters. The van der Waals surface area contributed by atoms with Crippen LogP contribution in [0.3, 0.4) is 0 Å². The summed E-state index contributed by atoms with van der Waals surface area (Å²) in [6.07, 6.45) is 5.11. The van der Waals surface area contributed by atoms with E-state index in [9.17, 15) is 4.79 Å². The zero-order chi connectivity index (χ0) is 11.4. The number of hydrogen-bond donors (Lipinski definition) is 2. The molecule has 1 fully saturated rings. The topological polar surface area (TPSA) is 55.1 Å². The van der Waals surface area contributed by atoms with Crippen LogP contribution in [0.2, 0.25) is 0 Å². The van der Waals surface area contributed by atoms with Crippen molar-refractivity contribution in [3.8, 4) is 0 Å². The lowest BCUT2D eigenvalue weighted by molar-refractivity contribution is -0.124. The van der Waals surface area contributed by atoms with Crippen molar-refractivity contribution in [3.63, 3.8) is 0 Å². The first kappa shape index (κ1) is 12.5. The minimum absolute atomic E-state index is 0.00407. The fourth-order valence-electron chi connectivity index (χ4n) is 2.20. The van der Waals surface area contributed by atoms with E-state index < -0.39 is 0 Å². The molecule has 0 spiro atoms. The molecule has 0 bridgehead atoms. The lowest BCUT2D eigenvalue weighted by atomic mass is 9.98. The predicted octanol–water partition coefficient (Wildman–Crippen LogP) is 1.66. The summed E-state index contributed by atoms with van der Waals surface area (Å²) < 4.78 is 0. The van der Waals surface area contributed by atoms with Crippen molar-refractivity contribution in [3.05, 3.63) is 0 Å². The maximum atomic E-state index is 11.7. The van der Waals surface area contributed by atoms with Gasteiger partial charge >= 0.3 is 0 Å². The van der Waals surface area contributed by atoms with Gasteiger partial charge in [-0.1, -0.05) is 26.7 Å². The van der Waals surface area contributed by atoms with E-state index in [0.29, 0.717) is 5.92 Å². The Morgan fingerprint density at radius 3 is 2.27 bits per heavy atom. The van der Waals surface area contributed by atoms with E-state index in [1.54, 1.807) is 0 Å². The highest BCUT2D eigenvalue weighted by Gasteiger charge is 2.25. The highest BCUT2D eigenvalue weighted by Crippen LogP contribution is 2.27. The zero-order valence-electron chi connectivity index (χ0n) is 10.1. The van der Waals surface area contributed by atoms with Gasteiger partial charge in [0.2, 0.25) is 5.91 Å².